The van der Waals surface area contributed by atoms with Crippen molar-refractivity contribution in [2.45, 2.75) is 58.3 Å². The minimum Gasteiger partial charge on any atom is -0.256 e. The standard InChI is InChI=1S/C24H27N/c1-23(2,3)20-13-18(12-16-8-6-7-9-19(16)20)22-14-17-10-11-24(4,5)21(17)15-25-22/h6-9,12-15H,10-11H2,1-5H3. The molecule has 0 saturated heterocycles. The quantitative estimate of drug-likeness (QED) is 0.502. The van der Waals surface area contributed by atoms with Gasteiger partial charge in [-0.25, -0.2) is 0 Å². The van der Waals surface area contributed by atoms with Crippen LogP contribution in [0.5, 0.6) is 0 Å². The predicted molar refractivity (Wildman–Crippen MR) is 107 cm³/mol. The van der Waals surface area contributed by atoms with Crippen LogP contribution in [0.15, 0.2) is 48.7 Å². The monoisotopic (exact) mass is 329 g/mol. The van der Waals surface area contributed by atoms with Crippen LogP contribution in [0.1, 0.15) is 57.7 Å². The lowest BCUT2D eigenvalue weighted by Gasteiger charge is -2.23. The molecule has 0 amide bonds. The van der Waals surface area contributed by atoms with Gasteiger partial charge in [0, 0.05) is 11.8 Å². The van der Waals surface area contributed by atoms with Gasteiger partial charge in [0.25, 0.3) is 0 Å². The Morgan fingerprint density at radius 2 is 1.76 bits per heavy atom. The first-order chi connectivity index (χ1) is 11.8. The maximum atomic E-state index is 4.85. The summed E-state index contributed by atoms with van der Waals surface area (Å²) in [6, 6.07) is 15.7. The van der Waals surface area contributed by atoms with Gasteiger partial charge in [-0.3, -0.25) is 4.98 Å². The predicted octanol–water partition coefficient (Wildman–Crippen LogP) is 6.42. The first kappa shape index (κ1) is 16.3. The molecule has 25 heavy (non-hydrogen) atoms. The highest BCUT2D eigenvalue weighted by molar-refractivity contribution is 5.90. The van der Waals surface area contributed by atoms with Crippen molar-refractivity contribution in [1.82, 2.24) is 4.98 Å². The SMILES string of the molecule is CC(C)(C)c1cc(-c2cc3c(cn2)C(C)(C)CC3)cc2ccccc12. The summed E-state index contributed by atoms with van der Waals surface area (Å²) in [6.45, 7) is 11.5. The van der Waals surface area contributed by atoms with Crippen LogP contribution in [0.4, 0.5) is 0 Å². The fourth-order valence-electron chi connectivity index (χ4n) is 4.13. The smallest absolute Gasteiger partial charge is 0.0705 e. The molecule has 1 aliphatic rings. The minimum absolute atomic E-state index is 0.105. The van der Waals surface area contributed by atoms with Crippen molar-refractivity contribution in [3.8, 4) is 11.3 Å². The van der Waals surface area contributed by atoms with Crippen molar-refractivity contribution >= 4 is 10.8 Å². The molecule has 0 aliphatic heterocycles. The molecule has 0 unspecified atom stereocenters. The third-order valence-electron chi connectivity index (χ3n) is 5.70. The van der Waals surface area contributed by atoms with E-state index in [1.807, 2.05) is 0 Å². The molecule has 0 spiro atoms. The highest BCUT2D eigenvalue weighted by atomic mass is 14.7. The molecule has 1 aliphatic carbocycles. The number of aromatic nitrogens is 1. The van der Waals surface area contributed by atoms with Crippen molar-refractivity contribution in [1.29, 1.82) is 0 Å². The van der Waals surface area contributed by atoms with E-state index in [0.717, 1.165) is 12.1 Å². The fourth-order valence-corrected chi connectivity index (χ4v) is 4.13. The normalized spacial score (nSPS) is 16.2. The van der Waals surface area contributed by atoms with Crippen molar-refractivity contribution in [3.63, 3.8) is 0 Å². The van der Waals surface area contributed by atoms with Gasteiger partial charge in [0.05, 0.1) is 5.69 Å². The molecule has 4 rings (SSSR count). The van der Waals surface area contributed by atoms with Crippen LogP contribution in [0.3, 0.4) is 0 Å². The van der Waals surface area contributed by atoms with E-state index in [1.165, 1.54) is 39.4 Å². The zero-order valence-corrected chi connectivity index (χ0v) is 16.0. The number of pyridine rings is 1. The Bertz CT molecular complexity index is 957. The number of nitrogens with zero attached hydrogens (tertiary/aromatic N) is 1. The van der Waals surface area contributed by atoms with Gasteiger partial charge in [-0.2, -0.15) is 0 Å². The zero-order valence-electron chi connectivity index (χ0n) is 16.0. The van der Waals surface area contributed by atoms with Gasteiger partial charge in [-0.1, -0.05) is 58.9 Å². The van der Waals surface area contributed by atoms with E-state index in [2.05, 4.69) is 83.3 Å². The fraction of sp³-hybridized carbons (Fsp3) is 0.375. The Labute approximate surface area is 151 Å². The van der Waals surface area contributed by atoms with Gasteiger partial charge in [-0.05, 0) is 69.3 Å². The van der Waals surface area contributed by atoms with Gasteiger partial charge in [0.2, 0.25) is 0 Å². The molecule has 128 valence electrons. The Hall–Kier alpha value is -2.15. The molecular weight excluding hydrogens is 302 g/mol. The molecule has 1 aromatic heterocycles. The summed E-state index contributed by atoms with van der Waals surface area (Å²) in [4.78, 5) is 4.85. The minimum atomic E-state index is 0.105. The summed E-state index contributed by atoms with van der Waals surface area (Å²) >= 11 is 0. The van der Waals surface area contributed by atoms with Gasteiger partial charge >= 0.3 is 0 Å². The number of rotatable bonds is 1. The van der Waals surface area contributed by atoms with Crippen LogP contribution in [-0.2, 0) is 17.3 Å². The Morgan fingerprint density at radius 3 is 2.52 bits per heavy atom. The van der Waals surface area contributed by atoms with Gasteiger partial charge in [0.15, 0.2) is 0 Å². The van der Waals surface area contributed by atoms with Crippen LogP contribution in [-0.4, -0.2) is 4.98 Å². The second-order valence-electron chi connectivity index (χ2n) is 9.11. The molecule has 0 radical (unpaired) electrons. The number of fused-ring (bicyclic) bond motifs is 2. The van der Waals surface area contributed by atoms with E-state index in [-0.39, 0.29) is 10.8 Å². The average molecular weight is 329 g/mol. The Balaban J connectivity index is 1.91. The molecular formula is C24H27N. The maximum absolute atomic E-state index is 4.85. The number of aryl methyl sites for hydroxylation is 1. The molecule has 1 heteroatoms. The van der Waals surface area contributed by atoms with E-state index >= 15 is 0 Å². The maximum Gasteiger partial charge on any atom is 0.0705 e. The van der Waals surface area contributed by atoms with E-state index < -0.39 is 0 Å². The summed E-state index contributed by atoms with van der Waals surface area (Å²) in [6.07, 6.45) is 4.50. The van der Waals surface area contributed by atoms with Crippen LogP contribution >= 0.6 is 0 Å². The molecule has 0 bridgehead atoms. The summed E-state index contributed by atoms with van der Waals surface area (Å²) in [5.74, 6) is 0. The second-order valence-corrected chi connectivity index (χ2v) is 9.11. The molecule has 1 heterocycles. The molecule has 0 saturated carbocycles. The third-order valence-corrected chi connectivity index (χ3v) is 5.70. The van der Waals surface area contributed by atoms with Crippen LogP contribution in [0.25, 0.3) is 22.0 Å². The third kappa shape index (κ3) is 2.76. The lowest BCUT2D eigenvalue weighted by atomic mass is 9.82. The van der Waals surface area contributed by atoms with Gasteiger partial charge < -0.3 is 0 Å². The van der Waals surface area contributed by atoms with Crippen molar-refractivity contribution < 1.29 is 0 Å². The Morgan fingerprint density at radius 1 is 1.00 bits per heavy atom. The zero-order chi connectivity index (χ0) is 17.8. The number of hydrogen-bond acceptors (Lipinski definition) is 1. The topological polar surface area (TPSA) is 12.9 Å². The lowest BCUT2D eigenvalue weighted by Crippen LogP contribution is -2.12. The second kappa shape index (κ2) is 5.42. The first-order valence-corrected chi connectivity index (χ1v) is 9.29. The highest BCUT2D eigenvalue weighted by Gasteiger charge is 2.30. The molecule has 0 fully saturated rings. The summed E-state index contributed by atoms with van der Waals surface area (Å²) < 4.78 is 0. The van der Waals surface area contributed by atoms with E-state index in [0.29, 0.717) is 0 Å². The summed E-state index contributed by atoms with van der Waals surface area (Å²) in [7, 11) is 0. The van der Waals surface area contributed by atoms with Crippen molar-refractivity contribution in [2.75, 3.05) is 0 Å². The summed E-state index contributed by atoms with van der Waals surface area (Å²) in [5.41, 5.74) is 7.00. The highest BCUT2D eigenvalue weighted by Crippen LogP contribution is 2.40. The van der Waals surface area contributed by atoms with Crippen LogP contribution in [0.2, 0.25) is 0 Å². The largest absolute Gasteiger partial charge is 0.256 e. The molecule has 3 aromatic rings. The van der Waals surface area contributed by atoms with Crippen LogP contribution < -0.4 is 0 Å². The number of benzene rings is 2. The average Bonchev–Trinajstić information content (AvgIpc) is 2.87. The van der Waals surface area contributed by atoms with Gasteiger partial charge in [0.1, 0.15) is 0 Å². The molecule has 0 N–H and O–H groups in total. The Kier molecular flexibility index (Phi) is 3.54. The molecule has 2 aromatic carbocycles. The number of hydrogen-bond donors (Lipinski definition) is 0. The van der Waals surface area contributed by atoms with Gasteiger partial charge in [-0.15, -0.1) is 0 Å². The first-order valence-electron chi connectivity index (χ1n) is 9.29. The van der Waals surface area contributed by atoms with E-state index in [4.69, 9.17) is 4.98 Å². The van der Waals surface area contributed by atoms with Crippen LogP contribution in [0, 0.1) is 0 Å². The summed E-state index contributed by atoms with van der Waals surface area (Å²) in [5, 5.41) is 2.65. The molecule has 1 nitrogen and oxygen atoms in total. The van der Waals surface area contributed by atoms with E-state index in [9.17, 15) is 0 Å². The van der Waals surface area contributed by atoms with Crippen molar-refractivity contribution in [3.05, 3.63) is 65.4 Å². The van der Waals surface area contributed by atoms with E-state index in [1.54, 1.807) is 0 Å². The molecule has 0 atom stereocenters. The lowest BCUT2D eigenvalue weighted by molar-refractivity contribution is 0.521. The van der Waals surface area contributed by atoms with Crippen molar-refractivity contribution in [2.24, 2.45) is 0 Å².